The summed E-state index contributed by atoms with van der Waals surface area (Å²) in [5.41, 5.74) is 0.173. The number of amides is 2. The number of benzene rings is 3. The van der Waals surface area contributed by atoms with Gasteiger partial charge in [-0.2, -0.15) is 0 Å². The molecule has 2 amide bonds. The Kier molecular flexibility index (Phi) is 5.23. The standard InChI is InChI=1S/C30H25N5O6/c1-15(2)25-23-24(28(38)33(27(23)37)21-13-12-16(35(39)40)14-22(21)41-3)30(32-25)18-9-5-7-11-20(18)34-26(36)17-8-4-6-10-19(17)31-29(30)34/h4-15,23-25,32H,1-3H3/t23-,24-,25-,30+/m1/s1. The minimum atomic E-state index is -1.27. The molecular formula is C30H25N5O6. The number of imide groups is 1. The summed E-state index contributed by atoms with van der Waals surface area (Å²) in [6.07, 6.45) is 0. The normalized spacial score (nSPS) is 24.3. The molecule has 2 saturated heterocycles. The number of nitro benzene ring substituents is 1. The van der Waals surface area contributed by atoms with E-state index < -0.39 is 40.2 Å². The van der Waals surface area contributed by atoms with Crippen LogP contribution < -0.4 is 20.5 Å². The van der Waals surface area contributed by atoms with Crippen LogP contribution in [0.1, 0.15) is 25.2 Å². The lowest BCUT2D eigenvalue weighted by Crippen LogP contribution is -2.51. The third-order valence-electron chi connectivity index (χ3n) is 8.63. The Morgan fingerprint density at radius 2 is 1.73 bits per heavy atom. The van der Waals surface area contributed by atoms with Gasteiger partial charge >= 0.3 is 0 Å². The first-order chi connectivity index (χ1) is 19.7. The van der Waals surface area contributed by atoms with Crippen LogP contribution in [0.15, 0.2) is 71.5 Å². The maximum absolute atomic E-state index is 14.5. The first-order valence-electron chi connectivity index (χ1n) is 13.3. The maximum Gasteiger partial charge on any atom is 0.273 e. The van der Waals surface area contributed by atoms with Gasteiger partial charge in [-0.1, -0.05) is 44.2 Å². The van der Waals surface area contributed by atoms with Crippen LogP contribution in [0.3, 0.4) is 0 Å². The molecule has 11 nitrogen and oxygen atoms in total. The smallest absolute Gasteiger partial charge is 0.273 e. The first kappa shape index (κ1) is 25.1. The molecular weight excluding hydrogens is 526 g/mol. The molecule has 0 saturated carbocycles. The molecule has 4 heterocycles. The number of para-hydroxylation sites is 2. The molecule has 1 aromatic heterocycles. The highest BCUT2D eigenvalue weighted by atomic mass is 16.6. The second-order valence-corrected chi connectivity index (χ2v) is 11.0. The van der Waals surface area contributed by atoms with Gasteiger partial charge in [0.1, 0.15) is 17.1 Å². The van der Waals surface area contributed by atoms with Gasteiger partial charge < -0.3 is 4.74 Å². The number of nitrogens with zero attached hydrogens (tertiary/aromatic N) is 4. The number of carbonyl (C=O) groups excluding carboxylic acids is 2. The van der Waals surface area contributed by atoms with Gasteiger partial charge in [-0.05, 0) is 30.2 Å². The van der Waals surface area contributed by atoms with E-state index in [1.165, 1.54) is 25.3 Å². The molecule has 1 N–H and O–H groups in total. The number of non-ortho nitro benzene ring substituents is 1. The van der Waals surface area contributed by atoms with Gasteiger partial charge in [0.15, 0.2) is 0 Å². The number of hydrogen-bond donors (Lipinski definition) is 1. The predicted octanol–water partition coefficient (Wildman–Crippen LogP) is 3.29. The van der Waals surface area contributed by atoms with Crippen LogP contribution in [0.5, 0.6) is 5.75 Å². The third kappa shape index (κ3) is 3.12. The maximum atomic E-state index is 14.5. The molecule has 7 rings (SSSR count). The van der Waals surface area contributed by atoms with Crippen molar-refractivity contribution in [3.63, 3.8) is 0 Å². The lowest BCUT2D eigenvalue weighted by atomic mass is 9.75. The molecule has 41 heavy (non-hydrogen) atoms. The summed E-state index contributed by atoms with van der Waals surface area (Å²) < 4.78 is 6.96. The fraction of sp³-hybridized carbons (Fsp3) is 0.267. The van der Waals surface area contributed by atoms with Crippen LogP contribution in [0.25, 0.3) is 16.6 Å². The largest absolute Gasteiger partial charge is 0.494 e. The number of rotatable bonds is 4. The van der Waals surface area contributed by atoms with Crippen molar-refractivity contribution in [3.05, 3.63) is 98.6 Å². The number of nitro groups is 1. The van der Waals surface area contributed by atoms with E-state index in [0.717, 1.165) is 4.90 Å². The second-order valence-electron chi connectivity index (χ2n) is 11.0. The summed E-state index contributed by atoms with van der Waals surface area (Å²) in [6, 6.07) is 17.8. The van der Waals surface area contributed by atoms with Gasteiger partial charge in [-0.15, -0.1) is 0 Å². The van der Waals surface area contributed by atoms with E-state index in [0.29, 0.717) is 28.0 Å². The van der Waals surface area contributed by atoms with E-state index in [9.17, 15) is 24.5 Å². The van der Waals surface area contributed by atoms with Crippen LogP contribution in [0, 0.1) is 27.9 Å². The van der Waals surface area contributed by atoms with Gasteiger partial charge in [0.05, 0.1) is 52.2 Å². The fourth-order valence-corrected chi connectivity index (χ4v) is 6.93. The van der Waals surface area contributed by atoms with Crippen molar-refractivity contribution in [2.45, 2.75) is 25.4 Å². The van der Waals surface area contributed by atoms with Crippen LogP contribution in [0.4, 0.5) is 11.4 Å². The average molecular weight is 552 g/mol. The van der Waals surface area contributed by atoms with Gasteiger partial charge in [-0.3, -0.25) is 34.4 Å². The molecule has 0 aliphatic carbocycles. The quantitative estimate of drug-likeness (QED) is 0.232. The first-order valence-corrected chi connectivity index (χ1v) is 13.3. The Morgan fingerprint density at radius 3 is 2.46 bits per heavy atom. The van der Waals surface area contributed by atoms with Crippen LogP contribution in [-0.4, -0.2) is 39.4 Å². The van der Waals surface area contributed by atoms with Crippen molar-refractivity contribution in [2.75, 3.05) is 12.0 Å². The van der Waals surface area contributed by atoms with Gasteiger partial charge in [-0.25, -0.2) is 9.88 Å². The van der Waals surface area contributed by atoms with Gasteiger partial charge in [0.25, 0.3) is 11.2 Å². The van der Waals surface area contributed by atoms with E-state index in [-0.39, 0.29) is 28.6 Å². The highest BCUT2D eigenvalue weighted by molar-refractivity contribution is 6.24. The topological polar surface area (TPSA) is 137 Å². The second kappa shape index (κ2) is 8.55. The average Bonchev–Trinajstić information content (AvgIpc) is 3.56. The fourth-order valence-electron chi connectivity index (χ4n) is 6.93. The molecule has 3 aliphatic rings. The summed E-state index contributed by atoms with van der Waals surface area (Å²) in [4.78, 5) is 59.5. The van der Waals surface area contributed by atoms with Crippen molar-refractivity contribution in [1.82, 2.24) is 14.9 Å². The van der Waals surface area contributed by atoms with Crippen molar-refractivity contribution in [1.29, 1.82) is 0 Å². The molecule has 11 heteroatoms. The number of methoxy groups -OCH3 is 1. The van der Waals surface area contributed by atoms with E-state index in [4.69, 9.17) is 9.72 Å². The van der Waals surface area contributed by atoms with E-state index in [1.807, 2.05) is 38.1 Å². The van der Waals surface area contributed by atoms with E-state index in [1.54, 1.807) is 28.8 Å². The molecule has 3 aromatic carbocycles. The van der Waals surface area contributed by atoms with Gasteiger partial charge in [0, 0.05) is 17.7 Å². The third-order valence-corrected chi connectivity index (χ3v) is 8.63. The van der Waals surface area contributed by atoms with Crippen molar-refractivity contribution in [3.8, 4) is 11.4 Å². The monoisotopic (exact) mass is 551 g/mol. The molecule has 0 unspecified atom stereocenters. The number of carbonyl (C=O) groups is 2. The number of aromatic nitrogens is 2. The van der Waals surface area contributed by atoms with Crippen LogP contribution in [0.2, 0.25) is 0 Å². The Balaban J connectivity index is 1.50. The minimum Gasteiger partial charge on any atom is -0.494 e. The number of ether oxygens (including phenoxy) is 1. The Bertz CT molecular complexity index is 1880. The van der Waals surface area contributed by atoms with E-state index >= 15 is 0 Å². The van der Waals surface area contributed by atoms with Crippen molar-refractivity contribution in [2.24, 2.45) is 17.8 Å². The Morgan fingerprint density at radius 1 is 1.00 bits per heavy atom. The molecule has 0 bridgehead atoms. The summed E-state index contributed by atoms with van der Waals surface area (Å²) >= 11 is 0. The zero-order valence-electron chi connectivity index (χ0n) is 22.4. The number of fused-ring (bicyclic) bond motifs is 8. The van der Waals surface area contributed by atoms with Crippen LogP contribution in [-0.2, 0) is 15.1 Å². The zero-order valence-corrected chi connectivity index (χ0v) is 22.4. The summed E-state index contributed by atoms with van der Waals surface area (Å²) in [7, 11) is 1.33. The number of hydrogen-bond acceptors (Lipinski definition) is 8. The minimum absolute atomic E-state index is 0.0385. The van der Waals surface area contributed by atoms with Crippen molar-refractivity contribution < 1.29 is 19.2 Å². The SMILES string of the molecule is COc1cc([N+](=O)[O-])ccc1N1C(=O)[C@H]2[C@@H](C(C)C)N[C@@]3(c4ccccc4-n4c3nc3ccccc3c4=O)[C@H]2C1=O. The summed E-state index contributed by atoms with van der Waals surface area (Å²) in [5, 5.41) is 15.5. The van der Waals surface area contributed by atoms with Crippen LogP contribution >= 0.6 is 0 Å². The molecule has 1 spiro atoms. The lowest BCUT2D eigenvalue weighted by Gasteiger charge is -2.32. The number of anilines is 1. The molecule has 206 valence electrons. The Hall–Kier alpha value is -4.90. The predicted molar refractivity (Wildman–Crippen MR) is 149 cm³/mol. The van der Waals surface area contributed by atoms with Gasteiger partial charge in [0.2, 0.25) is 11.8 Å². The lowest BCUT2D eigenvalue weighted by molar-refractivity contribution is -0.384. The zero-order chi connectivity index (χ0) is 28.8. The van der Waals surface area contributed by atoms with Crippen molar-refractivity contribution >= 4 is 34.1 Å². The molecule has 2 fully saturated rings. The summed E-state index contributed by atoms with van der Waals surface area (Å²) in [5.74, 6) is -2.32. The number of nitrogens with one attached hydrogen (secondary N) is 1. The Labute approximate surface area is 233 Å². The van der Waals surface area contributed by atoms with E-state index in [2.05, 4.69) is 5.32 Å². The molecule has 3 aliphatic heterocycles. The molecule has 4 atom stereocenters. The molecule has 4 aromatic rings. The highest BCUT2D eigenvalue weighted by Crippen LogP contribution is 2.57. The summed E-state index contributed by atoms with van der Waals surface area (Å²) in [6.45, 7) is 3.95. The molecule has 0 radical (unpaired) electrons. The highest BCUT2D eigenvalue weighted by Gasteiger charge is 2.70.